The molecule has 3 aliphatic rings. The fraction of sp³-hybridized carbons (Fsp3) is 0.789. The second-order valence-corrected chi connectivity index (χ2v) is 9.96. The molecule has 1 aromatic rings. The van der Waals surface area contributed by atoms with Gasteiger partial charge in [0.15, 0.2) is 0 Å². The standard InChI is InChI=1S/C19H29N5O2S/c1-18(2)13-6-7-19(18,3)14(9-13)21-17(26)24-8-4-5-12(10-24)15(25)22-16-23-20-11-27-16/h11-14H,4-10H2,1-3H3,(H,21,26)(H,22,23,25)/t12-,13+,14-,19+/m1/s1. The van der Waals surface area contributed by atoms with E-state index < -0.39 is 0 Å². The van der Waals surface area contributed by atoms with Crippen molar-refractivity contribution in [1.29, 1.82) is 0 Å². The van der Waals surface area contributed by atoms with E-state index >= 15 is 0 Å². The van der Waals surface area contributed by atoms with E-state index in [2.05, 4.69) is 41.6 Å². The molecule has 0 unspecified atom stereocenters. The minimum absolute atomic E-state index is 0.0157. The lowest BCUT2D eigenvalue weighted by Gasteiger charge is -2.41. The molecule has 2 heterocycles. The largest absolute Gasteiger partial charge is 0.335 e. The van der Waals surface area contributed by atoms with Gasteiger partial charge >= 0.3 is 6.03 Å². The number of hydrogen-bond donors (Lipinski definition) is 2. The zero-order chi connectivity index (χ0) is 19.2. The topological polar surface area (TPSA) is 87.2 Å². The molecule has 3 fully saturated rings. The summed E-state index contributed by atoms with van der Waals surface area (Å²) in [5, 5.41) is 14.2. The van der Waals surface area contributed by atoms with Gasteiger partial charge in [-0.15, -0.1) is 10.2 Å². The molecule has 2 aliphatic carbocycles. The highest BCUT2D eigenvalue weighted by atomic mass is 32.1. The Labute approximate surface area is 164 Å². The van der Waals surface area contributed by atoms with Gasteiger partial charge in [0.25, 0.3) is 0 Å². The predicted molar refractivity (Wildman–Crippen MR) is 104 cm³/mol. The molecule has 2 saturated carbocycles. The second kappa shape index (κ2) is 6.72. The molecule has 3 amide bonds. The number of amides is 3. The number of urea groups is 1. The van der Waals surface area contributed by atoms with Gasteiger partial charge in [0.2, 0.25) is 11.0 Å². The van der Waals surface area contributed by atoms with E-state index in [1.54, 1.807) is 5.51 Å². The van der Waals surface area contributed by atoms with Crippen LogP contribution in [-0.2, 0) is 4.79 Å². The maximum absolute atomic E-state index is 12.9. The van der Waals surface area contributed by atoms with Crippen LogP contribution < -0.4 is 10.6 Å². The van der Waals surface area contributed by atoms with Crippen LogP contribution in [0.5, 0.6) is 0 Å². The highest BCUT2D eigenvalue weighted by Gasteiger charge is 2.61. The van der Waals surface area contributed by atoms with Crippen molar-refractivity contribution in [1.82, 2.24) is 20.4 Å². The molecule has 4 rings (SSSR count). The Balaban J connectivity index is 1.36. The van der Waals surface area contributed by atoms with Gasteiger partial charge < -0.3 is 15.5 Å². The smallest absolute Gasteiger partial charge is 0.317 e. The van der Waals surface area contributed by atoms with Gasteiger partial charge in [-0.25, -0.2) is 4.79 Å². The summed E-state index contributed by atoms with van der Waals surface area (Å²) in [5.74, 6) is 0.428. The summed E-state index contributed by atoms with van der Waals surface area (Å²) in [5.41, 5.74) is 2.03. The van der Waals surface area contributed by atoms with Crippen LogP contribution >= 0.6 is 11.3 Å². The molecule has 2 bridgehead atoms. The minimum atomic E-state index is -0.194. The highest BCUT2D eigenvalue weighted by molar-refractivity contribution is 7.13. The maximum Gasteiger partial charge on any atom is 0.317 e. The Bertz CT molecular complexity index is 722. The number of hydrogen-bond acceptors (Lipinski definition) is 5. The third-order valence-corrected chi connectivity index (χ3v) is 8.37. The van der Waals surface area contributed by atoms with Crippen molar-refractivity contribution in [3.05, 3.63) is 5.51 Å². The van der Waals surface area contributed by atoms with Crippen LogP contribution in [0.15, 0.2) is 5.51 Å². The molecular formula is C19H29N5O2S. The molecule has 2 N–H and O–H groups in total. The summed E-state index contributed by atoms with van der Waals surface area (Å²) in [6.45, 7) is 8.22. The average Bonchev–Trinajstić information content (AvgIpc) is 3.28. The van der Waals surface area contributed by atoms with Crippen molar-refractivity contribution >= 4 is 28.4 Å². The van der Waals surface area contributed by atoms with Gasteiger partial charge in [-0.2, -0.15) is 0 Å². The lowest BCUT2D eigenvalue weighted by atomic mass is 9.69. The number of carbonyl (C=O) groups is 2. The second-order valence-electron chi connectivity index (χ2n) is 9.13. The molecule has 0 aromatic carbocycles. The van der Waals surface area contributed by atoms with Gasteiger partial charge in [-0.1, -0.05) is 32.1 Å². The molecule has 1 saturated heterocycles. The normalized spacial score (nSPS) is 34.5. The van der Waals surface area contributed by atoms with Crippen molar-refractivity contribution in [3.63, 3.8) is 0 Å². The SMILES string of the molecule is CC1(C)[C@H]2CC[C@@]1(C)[C@H](NC(=O)N1CCC[C@@H](C(=O)Nc3nncs3)C1)C2. The van der Waals surface area contributed by atoms with E-state index in [4.69, 9.17) is 0 Å². The van der Waals surface area contributed by atoms with Crippen LogP contribution in [-0.4, -0.2) is 46.2 Å². The van der Waals surface area contributed by atoms with E-state index in [1.807, 2.05) is 4.90 Å². The quantitative estimate of drug-likeness (QED) is 0.829. The summed E-state index contributed by atoms with van der Waals surface area (Å²) in [6.07, 6.45) is 5.17. The minimum Gasteiger partial charge on any atom is -0.335 e. The number of rotatable bonds is 3. The van der Waals surface area contributed by atoms with Crippen molar-refractivity contribution in [2.45, 2.75) is 58.9 Å². The zero-order valence-corrected chi connectivity index (χ0v) is 17.1. The first-order chi connectivity index (χ1) is 12.8. The highest BCUT2D eigenvalue weighted by Crippen LogP contribution is 2.65. The van der Waals surface area contributed by atoms with E-state index in [1.165, 1.54) is 24.2 Å². The molecule has 1 aromatic heterocycles. The first kappa shape index (κ1) is 18.7. The van der Waals surface area contributed by atoms with Crippen LogP contribution in [0.4, 0.5) is 9.93 Å². The van der Waals surface area contributed by atoms with Gasteiger partial charge in [-0.05, 0) is 48.9 Å². The van der Waals surface area contributed by atoms with Crippen molar-refractivity contribution < 1.29 is 9.59 Å². The summed E-state index contributed by atoms with van der Waals surface area (Å²) >= 11 is 1.30. The molecule has 0 spiro atoms. The van der Waals surface area contributed by atoms with Gasteiger partial charge in [0.1, 0.15) is 5.51 Å². The predicted octanol–water partition coefficient (Wildman–Crippen LogP) is 3.11. The number of fused-ring (bicyclic) bond motifs is 2. The molecule has 7 nitrogen and oxygen atoms in total. The number of anilines is 1. The zero-order valence-electron chi connectivity index (χ0n) is 16.3. The number of nitrogens with one attached hydrogen (secondary N) is 2. The summed E-state index contributed by atoms with van der Waals surface area (Å²) in [4.78, 5) is 27.2. The van der Waals surface area contributed by atoms with Crippen LogP contribution in [0.3, 0.4) is 0 Å². The molecule has 148 valence electrons. The summed E-state index contributed by atoms with van der Waals surface area (Å²) in [7, 11) is 0. The van der Waals surface area contributed by atoms with Gasteiger partial charge in [0, 0.05) is 19.1 Å². The van der Waals surface area contributed by atoms with Gasteiger partial charge in [-0.3, -0.25) is 4.79 Å². The first-order valence-corrected chi connectivity index (χ1v) is 10.8. The van der Waals surface area contributed by atoms with E-state index in [-0.39, 0.29) is 34.7 Å². The number of aromatic nitrogens is 2. The van der Waals surface area contributed by atoms with Crippen molar-refractivity contribution in [2.75, 3.05) is 18.4 Å². The van der Waals surface area contributed by atoms with E-state index in [0.29, 0.717) is 24.1 Å². The molecule has 4 atom stereocenters. The summed E-state index contributed by atoms with van der Waals surface area (Å²) in [6, 6.07) is 0.215. The van der Waals surface area contributed by atoms with Crippen LogP contribution in [0.25, 0.3) is 0 Å². The molecule has 27 heavy (non-hydrogen) atoms. The Morgan fingerprint density at radius 3 is 2.74 bits per heavy atom. The van der Waals surface area contributed by atoms with Crippen molar-refractivity contribution in [2.24, 2.45) is 22.7 Å². The Kier molecular flexibility index (Phi) is 4.64. The Morgan fingerprint density at radius 2 is 2.11 bits per heavy atom. The number of nitrogens with zero attached hydrogens (tertiary/aromatic N) is 3. The number of likely N-dealkylation sites (tertiary alicyclic amines) is 1. The van der Waals surface area contributed by atoms with Crippen molar-refractivity contribution in [3.8, 4) is 0 Å². The molecule has 1 aliphatic heterocycles. The molecule has 8 heteroatoms. The third-order valence-electron chi connectivity index (χ3n) is 7.76. The summed E-state index contributed by atoms with van der Waals surface area (Å²) < 4.78 is 0. The van der Waals surface area contributed by atoms with Crippen LogP contribution in [0, 0.1) is 22.7 Å². The van der Waals surface area contributed by atoms with Crippen LogP contribution in [0.2, 0.25) is 0 Å². The van der Waals surface area contributed by atoms with E-state index in [0.717, 1.165) is 19.3 Å². The Morgan fingerprint density at radius 1 is 1.30 bits per heavy atom. The Hall–Kier alpha value is -1.70. The molecule has 0 radical (unpaired) electrons. The average molecular weight is 392 g/mol. The molecular weight excluding hydrogens is 362 g/mol. The lowest BCUT2D eigenvalue weighted by Crippen LogP contribution is -2.54. The fourth-order valence-electron chi connectivity index (χ4n) is 5.47. The maximum atomic E-state index is 12.9. The number of piperidine rings is 1. The fourth-order valence-corrected chi connectivity index (χ4v) is 5.92. The lowest BCUT2D eigenvalue weighted by molar-refractivity contribution is -0.121. The monoisotopic (exact) mass is 391 g/mol. The van der Waals surface area contributed by atoms with E-state index in [9.17, 15) is 9.59 Å². The van der Waals surface area contributed by atoms with Gasteiger partial charge in [0.05, 0.1) is 5.92 Å². The number of carbonyl (C=O) groups excluding carboxylic acids is 2. The third kappa shape index (κ3) is 3.11. The van der Waals surface area contributed by atoms with Crippen LogP contribution in [0.1, 0.15) is 52.9 Å². The first-order valence-electron chi connectivity index (χ1n) is 9.94.